The van der Waals surface area contributed by atoms with E-state index >= 15 is 0 Å². The summed E-state index contributed by atoms with van der Waals surface area (Å²) in [7, 11) is 1.55. The maximum atomic E-state index is 12.7. The molecule has 1 aromatic heterocycles. The minimum atomic E-state index is -0.595. The Balaban J connectivity index is 1.32. The van der Waals surface area contributed by atoms with Crippen molar-refractivity contribution in [3.8, 4) is 5.75 Å². The quantitative estimate of drug-likeness (QED) is 0.530. The lowest BCUT2D eigenvalue weighted by Crippen LogP contribution is -2.25. The fourth-order valence-electron chi connectivity index (χ4n) is 3.94. The Morgan fingerprint density at radius 3 is 2.68 bits per heavy atom. The second-order valence-electron chi connectivity index (χ2n) is 7.79. The zero-order chi connectivity index (χ0) is 23.5. The van der Waals surface area contributed by atoms with E-state index in [0.29, 0.717) is 16.6 Å². The van der Waals surface area contributed by atoms with E-state index < -0.39 is 5.25 Å². The van der Waals surface area contributed by atoms with Crippen LogP contribution in [0.2, 0.25) is 0 Å². The van der Waals surface area contributed by atoms with E-state index in [1.807, 2.05) is 46.8 Å². The Hall–Kier alpha value is -3.43. The zero-order valence-corrected chi connectivity index (χ0v) is 20.0. The Morgan fingerprint density at radius 1 is 1.12 bits per heavy atom. The standard InChI is InChI=1S/C25H22N4O3S2/c1-32-20-11-6-5-10-17(20)26-23(30)15-22-24(31)27-25(34-22)29-19(16-8-3-2-4-9-16)14-18(28-29)21-12-7-13-33-21/h2-13,19,22H,14-15H2,1H3,(H,26,30)/t19-,22+/m0/s1. The number of hydrazone groups is 1. The average Bonchev–Trinajstić information content (AvgIpc) is 3.60. The number of aliphatic imine (C=N–C) groups is 1. The Bertz CT molecular complexity index is 1260. The molecule has 0 fully saturated rings. The van der Waals surface area contributed by atoms with Crippen LogP contribution in [0.4, 0.5) is 5.69 Å². The van der Waals surface area contributed by atoms with Gasteiger partial charge in [0.15, 0.2) is 5.17 Å². The first-order valence-corrected chi connectivity index (χ1v) is 12.6. The number of hydrogen-bond acceptors (Lipinski definition) is 7. The average molecular weight is 491 g/mol. The van der Waals surface area contributed by atoms with Crippen LogP contribution in [0.25, 0.3) is 0 Å². The summed E-state index contributed by atoms with van der Waals surface area (Å²) in [6.07, 6.45) is 0.733. The number of hydrogen-bond donors (Lipinski definition) is 1. The van der Waals surface area contributed by atoms with E-state index in [0.717, 1.165) is 22.6 Å². The number of ether oxygens (including phenoxy) is 1. The highest BCUT2D eigenvalue weighted by Crippen LogP contribution is 2.39. The van der Waals surface area contributed by atoms with E-state index in [4.69, 9.17) is 9.84 Å². The number of thioether (sulfide) groups is 1. The van der Waals surface area contributed by atoms with E-state index in [-0.39, 0.29) is 24.3 Å². The molecule has 34 heavy (non-hydrogen) atoms. The van der Waals surface area contributed by atoms with E-state index in [1.54, 1.807) is 30.6 Å². The van der Waals surface area contributed by atoms with E-state index in [9.17, 15) is 9.59 Å². The topological polar surface area (TPSA) is 83.4 Å². The highest BCUT2D eigenvalue weighted by atomic mass is 32.2. The molecule has 2 amide bonds. The largest absolute Gasteiger partial charge is 0.495 e. The Labute approximate surface area is 205 Å². The third-order valence-corrected chi connectivity index (χ3v) is 7.64. The van der Waals surface area contributed by atoms with Crippen LogP contribution in [-0.2, 0) is 9.59 Å². The van der Waals surface area contributed by atoms with Crippen LogP contribution in [0.5, 0.6) is 5.75 Å². The van der Waals surface area contributed by atoms with Crippen molar-refractivity contribution in [1.82, 2.24) is 5.01 Å². The molecule has 2 aliphatic heterocycles. The minimum Gasteiger partial charge on any atom is -0.495 e. The van der Waals surface area contributed by atoms with Gasteiger partial charge in [0.25, 0.3) is 5.91 Å². The third kappa shape index (κ3) is 4.62. The molecule has 0 saturated carbocycles. The number of nitrogens with zero attached hydrogens (tertiary/aromatic N) is 3. The van der Waals surface area contributed by atoms with Crippen molar-refractivity contribution in [3.63, 3.8) is 0 Å². The summed E-state index contributed by atoms with van der Waals surface area (Å²) in [5.74, 6) is -0.0197. The molecule has 5 rings (SSSR count). The number of para-hydroxylation sites is 2. The second-order valence-corrected chi connectivity index (χ2v) is 9.91. The van der Waals surface area contributed by atoms with Crippen molar-refractivity contribution in [1.29, 1.82) is 0 Å². The zero-order valence-electron chi connectivity index (χ0n) is 18.4. The maximum Gasteiger partial charge on any atom is 0.262 e. The lowest BCUT2D eigenvalue weighted by molar-refractivity contribution is -0.121. The number of amidine groups is 1. The molecule has 0 saturated heterocycles. The molecule has 7 nitrogen and oxygen atoms in total. The molecule has 0 aliphatic carbocycles. The SMILES string of the molecule is COc1ccccc1NC(=O)C[C@H]1SC(N2N=C(c3cccs3)C[C@H]2c2ccccc2)=NC1=O. The Morgan fingerprint density at radius 2 is 1.91 bits per heavy atom. The fourth-order valence-corrected chi connectivity index (χ4v) is 5.72. The van der Waals surface area contributed by atoms with Crippen molar-refractivity contribution < 1.29 is 14.3 Å². The molecule has 2 aliphatic rings. The summed E-state index contributed by atoms with van der Waals surface area (Å²) < 4.78 is 5.29. The van der Waals surface area contributed by atoms with Crippen LogP contribution >= 0.6 is 23.1 Å². The first kappa shape index (κ1) is 22.4. The van der Waals surface area contributed by atoms with Crippen molar-refractivity contribution in [3.05, 3.63) is 82.6 Å². The molecule has 1 N–H and O–H groups in total. The Kier molecular flexibility index (Phi) is 6.46. The van der Waals surface area contributed by atoms with Gasteiger partial charge in [0.05, 0.1) is 29.4 Å². The number of benzene rings is 2. The molecule has 9 heteroatoms. The molecule has 0 bridgehead atoms. The van der Waals surface area contributed by atoms with Crippen molar-refractivity contribution >= 4 is 51.5 Å². The normalized spacial score (nSPS) is 19.7. The molecule has 0 unspecified atom stereocenters. The van der Waals surface area contributed by atoms with Crippen LogP contribution < -0.4 is 10.1 Å². The second kappa shape index (κ2) is 9.82. The van der Waals surface area contributed by atoms with Crippen LogP contribution in [0, 0.1) is 0 Å². The van der Waals surface area contributed by atoms with Crippen LogP contribution in [-0.4, -0.2) is 40.1 Å². The molecule has 3 aromatic rings. The van der Waals surface area contributed by atoms with Crippen LogP contribution in [0.15, 0.2) is 82.2 Å². The lowest BCUT2D eigenvalue weighted by Gasteiger charge is -2.23. The number of carbonyl (C=O) groups is 2. The fraction of sp³-hybridized carbons (Fsp3) is 0.200. The molecular weight excluding hydrogens is 468 g/mol. The van der Waals surface area contributed by atoms with Gasteiger partial charge in [-0.2, -0.15) is 10.1 Å². The number of amides is 2. The summed E-state index contributed by atoms with van der Waals surface area (Å²) in [5, 5.41) is 11.5. The van der Waals surface area contributed by atoms with Gasteiger partial charge in [0.2, 0.25) is 5.91 Å². The van der Waals surface area contributed by atoms with Gasteiger partial charge in [-0.25, -0.2) is 5.01 Å². The number of nitrogens with one attached hydrogen (secondary N) is 1. The van der Waals surface area contributed by atoms with Crippen molar-refractivity contribution in [2.45, 2.75) is 24.1 Å². The summed E-state index contributed by atoms with van der Waals surface area (Å²) in [6, 6.07) is 21.3. The summed E-state index contributed by atoms with van der Waals surface area (Å²) in [4.78, 5) is 30.8. The first-order chi connectivity index (χ1) is 16.6. The van der Waals surface area contributed by atoms with Gasteiger partial charge < -0.3 is 10.1 Å². The predicted octanol–water partition coefficient (Wildman–Crippen LogP) is 4.93. The van der Waals surface area contributed by atoms with Crippen molar-refractivity contribution in [2.24, 2.45) is 10.1 Å². The molecule has 2 aromatic carbocycles. The summed E-state index contributed by atoms with van der Waals surface area (Å²) >= 11 is 2.93. The van der Waals surface area contributed by atoms with Crippen molar-refractivity contribution in [2.75, 3.05) is 12.4 Å². The summed E-state index contributed by atoms with van der Waals surface area (Å²) in [6.45, 7) is 0. The number of rotatable bonds is 6. The maximum absolute atomic E-state index is 12.7. The van der Waals surface area contributed by atoms with E-state index in [1.165, 1.54) is 11.8 Å². The molecule has 3 heterocycles. The van der Waals surface area contributed by atoms with Crippen LogP contribution in [0.1, 0.15) is 29.3 Å². The molecular formula is C25H22N4O3S2. The number of carbonyl (C=O) groups excluding carboxylic acids is 2. The smallest absolute Gasteiger partial charge is 0.262 e. The highest BCUT2D eigenvalue weighted by Gasteiger charge is 2.39. The third-order valence-electron chi connectivity index (χ3n) is 5.58. The predicted molar refractivity (Wildman–Crippen MR) is 137 cm³/mol. The molecule has 0 radical (unpaired) electrons. The molecule has 0 spiro atoms. The van der Waals surface area contributed by atoms with Gasteiger partial charge >= 0.3 is 0 Å². The number of thiophene rings is 1. The lowest BCUT2D eigenvalue weighted by atomic mass is 10.0. The van der Waals surface area contributed by atoms with Gasteiger partial charge in [-0.1, -0.05) is 60.3 Å². The number of anilines is 1. The first-order valence-electron chi connectivity index (χ1n) is 10.8. The molecule has 2 atom stereocenters. The van der Waals surface area contributed by atoms with Crippen LogP contribution in [0.3, 0.4) is 0 Å². The van der Waals surface area contributed by atoms with Gasteiger partial charge in [0.1, 0.15) is 11.0 Å². The monoisotopic (exact) mass is 490 g/mol. The molecule has 172 valence electrons. The minimum absolute atomic E-state index is 0.0138. The van der Waals surface area contributed by atoms with Gasteiger partial charge in [-0.15, -0.1) is 11.3 Å². The van der Waals surface area contributed by atoms with Gasteiger partial charge in [-0.05, 0) is 29.1 Å². The van der Waals surface area contributed by atoms with E-state index in [2.05, 4.69) is 28.5 Å². The van der Waals surface area contributed by atoms with Gasteiger partial charge in [0, 0.05) is 12.8 Å². The highest BCUT2D eigenvalue weighted by molar-refractivity contribution is 8.15. The summed E-state index contributed by atoms with van der Waals surface area (Å²) in [5.41, 5.74) is 2.64. The number of methoxy groups -OCH3 is 1. The van der Waals surface area contributed by atoms with Gasteiger partial charge in [-0.3, -0.25) is 9.59 Å².